The van der Waals surface area contributed by atoms with Gasteiger partial charge in [-0.15, -0.1) is 11.3 Å². The number of rotatable bonds is 9. The molecule has 0 radical (unpaired) electrons. The lowest BCUT2D eigenvalue weighted by Crippen LogP contribution is -2.33. The Bertz CT molecular complexity index is 818. The summed E-state index contributed by atoms with van der Waals surface area (Å²) in [4.78, 5) is 27.2. The van der Waals surface area contributed by atoms with Crippen LogP contribution in [0.15, 0.2) is 64.6 Å². The number of furan rings is 1. The summed E-state index contributed by atoms with van der Waals surface area (Å²) in [6, 6.07) is 14.5. The lowest BCUT2D eigenvalue weighted by Gasteiger charge is -2.21. The molecule has 0 aliphatic heterocycles. The van der Waals surface area contributed by atoms with Crippen molar-refractivity contribution in [3.63, 3.8) is 0 Å². The first-order chi connectivity index (χ1) is 13.2. The zero-order chi connectivity index (χ0) is 19.1. The zero-order valence-corrected chi connectivity index (χ0v) is 15.9. The Kier molecular flexibility index (Phi) is 6.44. The molecule has 5 nitrogen and oxygen atoms in total. The van der Waals surface area contributed by atoms with E-state index in [1.54, 1.807) is 52.8 Å². The van der Waals surface area contributed by atoms with Gasteiger partial charge in [-0.2, -0.15) is 0 Å². The van der Waals surface area contributed by atoms with Crippen molar-refractivity contribution >= 4 is 23.0 Å². The number of thiophene rings is 1. The normalized spacial score (nSPS) is 10.6. The van der Waals surface area contributed by atoms with E-state index >= 15 is 0 Å². The number of carbonyl (C=O) groups is 2. The molecular formula is C21H21NO4S. The van der Waals surface area contributed by atoms with Crippen molar-refractivity contribution in [1.82, 2.24) is 4.90 Å². The fourth-order valence-corrected chi connectivity index (χ4v) is 3.31. The van der Waals surface area contributed by atoms with E-state index in [-0.39, 0.29) is 18.3 Å². The van der Waals surface area contributed by atoms with Crippen LogP contribution in [-0.4, -0.2) is 23.2 Å². The van der Waals surface area contributed by atoms with E-state index in [1.807, 2.05) is 30.5 Å². The van der Waals surface area contributed by atoms with Crippen LogP contribution in [0, 0.1) is 0 Å². The van der Waals surface area contributed by atoms with Crippen LogP contribution in [0.2, 0.25) is 0 Å². The zero-order valence-electron chi connectivity index (χ0n) is 15.1. The summed E-state index contributed by atoms with van der Waals surface area (Å²) in [5.74, 6) is 1.24. The predicted molar refractivity (Wildman–Crippen MR) is 104 cm³/mol. The molecule has 2 aromatic heterocycles. The molecule has 3 aromatic rings. The van der Waals surface area contributed by atoms with Crippen molar-refractivity contribution in [2.45, 2.75) is 26.4 Å². The highest BCUT2D eigenvalue weighted by molar-refractivity contribution is 7.09. The Morgan fingerprint density at radius 2 is 1.89 bits per heavy atom. The second-order valence-electron chi connectivity index (χ2n) is 6.00. The Hall–Kier alpha value is -2.86. The average Bonchev–Trinajstić information content (AvgIpc) is 3.39. The van der Waals surface area contributed by atoms with Gasteiger partial charge >= 0.3 is 0 Å². The van der Waals surface area contributed by atoms with Crippen molar-refractivity contribution in [2.75, 3.05) is 6.61 Å². The monoisotopic (exact) mass is 383 g/mol. The van der Waals surface area contributed by atoms with Crippen molar-refractivity contribution < 1.29 is 18.7 Å². The van der Waals surface area contributed by atoms with Gasteiger partial charge < -0.3 is 14.1 Å². The molecule has 2 heterocycles. The van der Waals surface area contributed by atoms with Gasteiger partial charge in [-0.3, -0.25) is 9.59 Å². The minimum Gasteiger partial charge on any atom is -0.484 e. The van der Waals surface area contributed by atoms with Gasteiger partial charge in [0.05, 0.1) is 19.4 Å². The first-order valence-corrected chi connectivity index (χ1v) is 9.62. The molecule has 0 fully saturated rings. The summed E-state index contributed by atoms with van der Waals surface area (Å²) in [6.07, 6.45) is 2.06. The van der Waals surface area contributed by atoms with Crippen molar-refractivity contribution in [3.8, 4) is 5.75 Å². The molecule has 0 saturated carbocycles. The van der Waals surface area contributed by atoms with Gasteiger partial charge in [-0.25, -0.2) is 0 Å². The molecule has 0 N–H and O–H groups in total. The maximum Gasteiger partial charge on any atom is 0.261 e. The summed E-state index contributed by atoms with van der Waals surface area (Å²) < 4.78 is 11.0. The van der Waals surface area contributed by atoms with Crippen LogP contribution in [0.5, 0.6) is 5.75 Å². The molecule has 0 aliphatic rings. The molecule has 0 unspecified atom stereocenters. The Morgan fingerprint density at radius 3 is 2.52 bits per heavy atom. The van der Waals surface area contributed by atoms with Crippen LogP contribution in [-0.2, 0) is 17.9 Å². The highest BCUT2D eigenvalue weighted by Crippen LogP contribution is 2.17. The number of hydrogen-bond acceptors (Lipinski definition) is 5. The number of nitrogens with zero attached hydrogens (tertiary/aromatic N) is 1. The third-order valence-electron chi connectivity index (χ3n) is 4.07. The number of carbonyl (C=O) groups excluding carboxylic acids is 2. The van der Waals surface area contributed by atoms with Gasteiger partial charge in [0, 0.05) is 16.9 Å². The molecule has 1 amide bonds. The van der Waals surface area contributed by atoms with Gasteiger partial charge in [0.25, 0.3) is 5.91 Å². The molecular weight excluding hydrogens is 362 g/mol. The number of Topliss-reactive ketones (excluding diaryl/α,β-unsaturated/α-hetero) is 1. The molecule has 1 aromatic carbocycles. The Balaban J connectivity index is 1.62. The maximum absolute atomic E-state index is 12.7. The molecule has 0 bridgehead atoms. The fraction of sp³-hybridized carbons (Fsp3) is 0.238. The van der Waals surface area contributed by atoms with Gasteiger partial charge in [0.1, 0.15) is 11.5 Å². The summed E-state index contributed by atoms with van der Waals surface area (Å²) in [6.45, 7) is 2.64. The molecule has 0 saturated heterocycles. The molecule has 0 atom stereocenters. The second-order valence-corrected chi connectivity index (χ2v) is 7.03. The van der Waals surface area contributed by atoms with Crippen LogP contribution in [0.3, 0.4) is 0 Å². The maximum atomic E-state index is 12.7. The average molecular weight is 383 g/mol. The van der Waals surface area contributed by atoms with Crippen molar-refractivity contribution in [2.24, 2.45) is 0 Å². The molecule has 0 spiro atoms. The summed E-state index contributed by atoms with van der Waals surface area (Å²) in [7, 11) is 0. The van der Waals surface area contributed by atoms with Crippen molar-refractivity contribution in [1.29, 1.82) is 0 Å². The van der Waals surface area contributed by atoms with Gasteiger partial charge in [0.15, 0.2) is 12.4 Å². The molecule has 27 heavy (non-hydrogen) atoms. The van der Waals surface area contributed by atoms with Crippen LogP contribution in [0.1, 0.15) is 34.3 Å². The van der Waals surface area contributed by atoms with E-state index < -0.39 is 0 Å². The SMILES string of the molecule is CCC(=O)c1ccc(OCC(=O)N(Cc2ccco2)Cc2cccs2)cc1. The molecule has 3 rings (SSSR count). The minimum absolute atomic E-state index is 0.0762. The highest BCUT2D eigenvalue weighted by Gasteiger charge is 2.17. The van der Waals surface area contributed by atoms with E-state index in [9.17, 15) is 9.59 Å². The highest BCUT2D eigenvalue weighted by atomic mass is 32.1. The van der Waals surface area contributed by atoms with Crippen LogP contribution in [0.25, 0.3) is 0 Å². The van der Waals surface area contributed by atoms with E-state index in [0.29, 0.717) is 30.8 Å². The third-order valence-corrected chi connectivity index (χ3v) is 4.93. The minimum atomic E-state index is -0.131. The first kappa shape index (κ1) is 18.9. The molecule has 0 aliphatic carbocycles. The van der Waals surface area contributed by atoms with E-state index in [4.69, 9.17) is 9.15 Å². The first-order valence-electron chi connectivity index (χ1n) is 8.74. The topological polar surface area (TPSA) is 59.8 Å². The number of amides is 1. The predicted octanol–water partition coefficient (Wildman–Crippen LogP) is 4.54. The second kappa shape index (κ2) is 9.19. The van der Waals surface area contributed by atoms with Gasteiger partial charge in [-0.1, -0.05) is 13.0 Å². The number of benzene rings is 1. The number of ether oxygens (including phenoxy) is 1. The fourth-order valence-electron chi connectivity index (χ4n) is 2.59. The largest absolute Gasteiger partial charge is 0.484 e. The van der Waals surface area contributed by atoms with E-state index in [2.05, 4.69) is 0 Å². The molecule has 140 valence electrons. The summed E-state index contributed by atoms with van der Waals surface area (Å²) in [5, 5.41) is 1.99. The van der Waals surface area contributed by atoms with E-state index in [1.165, 1.54) is 0 Å². The number of ketones is 1. The third kappa shape index (κ3) is 5.31. The van der Waals surface area contributed by atoms with E-state index in [0.717, 1.165) is 10.6 Å². The van der Waals surface area contributed by atoms with Crippen LogP contribution < -0.4 is 4.74 Å². The summed E-state index contributed by atoms with van der Waals surface area (Å²) >= 11 is 1.60. The quantitative estimate of drug-likeness (QED) is 0.509. The van der Waals surface area contributed by atoms with Gasteiger partial charge in [-0.05, 0) is 47.8 Å². The van der Waals surface area contributed by atoms with Crippen LogP contribution in [0.4, 0.5) is 0 Å². The lowest BCUT2D eigenvalue weighted by atomic mass is 10.1. The lowest BCUT2D eigenvalue weighted by molar-refractivity contribution is -0.134. The van der Waals surface area contributed by atoms with Crippen molar-refractivity contribution in [3.05, 3.63) is 76.4 Å². The Labute approximate surface area is 162 Å². The molecule has 6 heteroatoms. The number of hydrogen-bond donors (Lipinski definition) is 0. The van der Waals surface area contributed by atoms with Crippen LogP contribution >= 0.6 is 11.3 Å². The Morgan fingerprint density at radius 1 is 1.07 bits per heavy atom. The standard InChI is InChI=1S/C21H21NO4S/c1-2-20(23)16-7-9-17(10-8-16)26-15-21(24)22(13-18-5-3-11-25-18)14-19-6-4-12-27-19/h3-12H,2,13-15H2,1H3. The van der Waals surface area contributed by atoms with Gasteiger partial charge in [0.2, 0.25) is 0 Å². The summed E-state index contributed by atoms with van der Waals surface area (Å²) in [5.41, 5.74) is 0.647. The smallest absolute Gasteiger partial charge is 0.261 e.